The number of nitrogens with zero attached hydrogens (tertiary/aromatic N) is 3. The number of aromatic nitrogens is 2. The molecule has 1 aliphatic heterocycles. The summed E-state index contributed by atoms with van der Waals surface area (Å²) < 4.78 is 5.65. The average molecular weight is 308 g/mol. The molecule has 118 valence electrons. The van der Waals surface area contributed by atoms with Crippen molar-refractivity contribution in [1.29, 1.82) is 5.26 Å². The van der Waals surface area contributed by atoms with E-state index in [1.165, 1.54) is 5.56 Å². The highest BCUT2D eigenvalue weighted by molar-refractivity contribution is 5.54. The van der Waals surface area contributed by atoms with Crippen molar-refractivity contribution in [3.8, 4) is 6.07 Å². The van der Waals surface area contributed by atoms with Crippen molar-refractivity contribution in [3.05, 3.63) is 53.0 Å². The van der Waals surface area contributed by atoms with E-state index in [0.29, 0.717) is 30.5 Å². The van der Waals surface area contributed by atoms with Gasteiger partial charge in [0.15, 0.2) is 0 Å². The number of pyridine rings is 2. The average Bonchev–Trinajstić information content (AvgIpc) is 2.98. The number of nitrogens with one attached hydrogen (secondary N) is 1. The first-order valence-corrected chi connectivity index (χ1v) is 7.79. The van der Waals surface area contributed by atoms with Crippen LogP contribution in [0.15, 0.2) is 30.6 Å². The van der Waals surface area contributed by atoms with Crippen LogP contribution in [0.2, 0.25) is 0 Å². The van der Waals surface area contributed by atoms with Crippen LogP contribution in [0.4, 0.5) is 5.82 Å². The zero-order valence-electron chi connectivity index (χ0n) is 13.4. The van der Waals surface area contributed by atoms with Gasteiger partial charge in [0.25, 0.3) is 0 Å². The number of hydrogen-bond acceptors (Lipinski definition) is 5. The second-order valence-corrected chi connectivity index (χ2v) is 6.01. The van der Waals surface area contributed by atoms with Gasteiger partial charge in [-0.3, -0.25) is 4.98 Å². The third-order valence-corrected chi connectivity index (χ3v) is 4.35. The zero-order chi connectivity index (χ0) is 16.2. The normalized spacial score (nSPS) is 20.2. The topological polar surface area (TPSA) is 70.8 Å². The molecule has 2 atom stereocenters. The van der Waals surface area contributed by atoms with Crippen molar-refractivity contribution >= 4 is 5.82 Å². The summed E-state index contributed by atoms with van der Waals surface area (Å²) in [5.41, 5.74) is 3.80. The van der Waals surface area contributed by atoms with E-state index in [9.17, 15) is 5.26 Å². The number of nitriles is 1. The van der Waals surface area contributed by atoms with Crippen LogP contribution in [-0.2, 0) is 11.2 Å². The molecule has 0 spiro atoms. The maximum absolute atomic E-state index is 9.34. The molecule has 0 aliphatic carbocycles. The van der Waals surface area contributed by atoms with E-state index in [0.717, 1.165) is 17.7 Å². The fourth-order valence-electron chi connectivity index (χ4n) is 2.86. The summed E-state index contributed by atoms with van der Waals surface area (Å²) in [5, 5.41) is 12.8. The Morgan fingerprint density at radius 2 is 2.09 bits per heavy atom. The van der Waals surface area contributed by atoms with Crippen molar-refractivity contribution in [1.82, 2.24) is 9.97 Å². The number of hydrogen-bond donors (Lipinski definition) is 1. The monoisotopic (exact) mass is 308 g/mol. The van der Waals surface area contributed by atoms with E-state index >= 15 is 0 Å². The maximum atomic E-state index is 9.34. The molecule has 0 amide bonds. The molecule has 2 aromatic heterocycles. The summed E-state index contributed by atoms with van der Waals surface area (Å²) in [7, 11) is 0. The number of rotatable bonds is 4. The van der Waals surface area contributed by atoms with Gasteiger partial charge in [0.05, 0.1) is 24.8 Å². The third kappa shape index (κ3) is 3.49. The Morgan fingerprint density at radius 1 is 1.30 bits per heavy atom. The zero-order valence-corrected chi connectivity index (χ0v) is 13.4. The predicted octanol–water partition coefficient (Wildman–Crippen LogP) is 2.63. The molecule has 0 aromatic carbocycles. The molecular formula is C18H20N4O. The minimum atomic E-state index is 0.157. The summed E-state index contributed by atoms with van der Waals surface area (Å²) in [5.74, 6) is 1.01. The number of ether oxygens (including phenoxy) is 1. The van der Waals surface area contributed by atoms with Crippen molar-refractivity contribution in [2.45, 2.75) is 26.3 Å². The Bertz CT molecular complexity index is 724. The summed E-state index contributed by atoms with van der Waals surface area (Å²) in [4.78, 5) is 8.60. The fraction of sp³-hybridized carbons (Fsp3) is 0.389. The summed E-state index contributed by atoms with van der Waals surface area (Å²) in [6.07, 6.45) is 4.55. The molecule has 0 bridgehead atoms. The highest BCUT2D eigenvalue weighted by Gasteiger charge is 2.29. The van der Waals surface area contributed by atoms with Gasteiger partial charge in [-0.1, -0.05) is 0 Å². The summed E-state index contributed by atoms with van der Waals surface area (Å²) in [6, 6.07) is 8.34. The van der Waals surface area contributed by atoms with E-state index in [2.05, 4.69) is 21.4 Å². The Labute approximate surface area is 136 Å². The van der Waals surface area contributed by atoms with Crippen LogP contribution in [0.25, 0.3) is 0 Å². The molecule has 2 aromatic rings. The quantitative estimate of drug-likeness (QED) is 0.940. The van der Waals surface area contributed by atoms with E-state index in [1.54, 1.807) is 0 Å². The van der Waals surface area contributed by atoms with Crippen molar-refractivity contribution in [2.75, 3.05) is 18.5 Å². The number of aryl methyl sites for hydroxylation is 2. The minimum absolute atomic E-state index is 0.157. The van der Waals surface area contributed by atoms with Gasteiger partial charge in [0.1, 0.15) is 11.9 Å². The standard InChI is InChI=1S/C18H20N4O/c1-12-7-15(9-19)18(21-13(12)2)22-17-11-23-10-16(17)8-14-3-5-20-6-4-14/h3-7,16-17H,8,10-11H2,1-2H3,(H,21,22)/t16-,17+/m1/s1. The van der Waals surface area contributed by atoms with Crippen LogP contribution in [0.5, 0.6) is 0 Å². The molecule has 3 rings (SSSR count). The lowest BCUT2D eigenvalue weighted by Crippen LogP contribution is -2.30. The lowest BCUT2D eigenvalue weighted by Gasteiger charge is -2.21. The van der Waals surface area contributed by atoms with E-state index in [4.69, 9.17) is 4.74 Å². The van der Waals surface area contributed by atoms with Crippen LogP contribution >= 0.6 is 0 Å². The van der Waals surface area contributed by atoms with E-state index in [1.807, 2.05) is 44.4 Å². The lowest BCUT2D eigenvalue weighted by atomic mass is 9.95. The van der Waals surface area contributed by atoms with Crippen LogP contribution in [0, 0.1) is 31.1 Å². The highest BCUT2D eigenvalue weighted by atomic mass is 16.5. The van der Waals surface area contributed by atoms with Gasteiger partial charge in [0.2, 0.25) is 0 Å². The van der Waals surface area contributed by atoms with Crippen molar-refractivity contribution < 1.29 is 4.74 Å². The largest absolute Gasteiger partial charge is 0.379 e. The van der Waals surface area contributed by atoms with Crippen molar-refractivity contribution in [3.63, 3.8) is 0 Å². The van der Waals surface area contributed by atoms with Crippen LogP contribution < -0.4 is 5.32 Å². The number of anilines is 1. The van der Waals surface area contributed by atoms with Crippen LogP contribution in [0.3, 0.4) is 0 Å². The van der Waals surface area contributed by atoms with Gasteiger partial charge >= 0.3 is 0 Å². The Kier molecular flexibility index (Phi) is 4.54. The smallest absolute Gasteiger partial charge is 0.144 e. The maximum Gasteiger partial charge on any atom is 0.144 e. The Morgan fingerprint density at radius 3 is 2.83 bits per heavy atom. The third-order valence-electron chi connectivity index (χ3n) is 4.35. The van der Waals surface area contributed by atoms with E-state index in [-0.39, 0.29) is 6.04 Å². The molecule has 23 heavy (non-hydrogen) atoms. The Balaban J connectivity index is 1.77. The van der Waals surface area contributed by atoms with Gasteiger partial charge in [-0.25, -0.2) is 4.98 Å². The second kappa shape index (κ2) is 6.76. The molecule has 1 N–H and O–H groups in total. The molecule has 1 aliphatic rings. The first kappa shape index (κ1) is 15.4. The highest BCUT2D eigenvalue weighted by Crippen LogP contribution is 2.24. The van der Waals surface area contributed by atoms with Crippen LogP contribution in [0.1, 0.15) is 22.4 Å². The molecule has 0 unspecified atom stereocenters. The lowest BCUT2D eigenvalue weighted by molar-refractivity contribution is 0.185. The molecule has 3 heterocycles. The molecule has 1 fully saturated rings. The Hall–Kier alpha value is -2.45. The van der Waals surface area contributed by atoms with Crippen LogP contribution in [-0.4, -0.2) is 29.2 Å². The fourth-order valence-corrected chi connectivity index (χ4v) is 2.86. The predicted molar refractivity (Wildman–Crippen MR) is 88.1 cm³/mol. The summed E-state index contributed by atoms with van der Waals surface area (Å²) >= 11 is 0. The molecule has 0 saturated carbocycles. The first-order chi connectivity index (χ1) is 11.2. The minimum Gasteiger partial charge on any atom is -0.379 e. The van der Waals surface area contributed by atoms with Crippen molar-refractivity contribution in [2.24, 2.45) is 5.92 Å². The summed E-state index contributed by atoms with van der Waals surface area (Å²) in [6.45, 7) is 5.28. The van der Waals surface area contributed by atoms with E-state index < -0.39 is 0 Å². The first-order valence-electron chi connectivity index (χ1n) is 7.79. The van der Waals surface area contributed by atoms with Gasteiger partial charge in [0, 0.05) is 24.0 Å². The SMILES string of the molecule is Cc1cc(C#N)c(N[C@H]2COC[C@H]2Cc2ccncc2)nc1C. The van der Waals surface area contributed by atoms with Gasteiger partial charge in [-0.15, -0.1) is 0 Å². The molecule has 5 heteroatoms. The molecule has 0 radical (unpaired) electrons. The van der Waals surface area contributed by atoms with Gasteiger partial charge in [-0.2, -0.15) is 5.26 Å². The molecule has 1 saturated heterocycles. The van der Waals surface area contributed by atoms with Gasteiger partial charge < -0.3 is 10.1 Å². The van der Waals surface area contributed by atoms with Gasteiger partial charge in [-0.05, 0) is 49.6 Å². The molecular weight excluding hydrogens is 288 g/mol. The molecule has 5 nitrogen and oxygen atoms in total. The second-order valence-electron chi connectivity index (χ2n) is 6.01.